The fourth-order valence-corrected chi connectivity index (χ4v) is 2.75. The van der Waals surface area contributed by atoms with E-state index in [1.807, 2.05) is 6.92 Å². The van der Waals surface area contributed by atoms with Crippen LogP contribution in [0.15, 0.2) is 22.7 Å². The van der Waals surface area contributed by atoms with Gasteiger partial charge in [-0.2, -0.15) is 0 Å². The summed E-state index contributed by atoms with van der Waals surface area (Å²) in [6, 6.07) is 4.39. The minimum Gasteiger partial charge on any atom is -0.294 e. The molecule has 0 spiro atoms. The van der Waals surface area contributed by atoms with Crippen LogP contribution in [0.3, 0.4) is 0 Å². The summed E-state index contributed by atoms with van der Waals surface area (Å²) in [6.07, 6.45) is 0.567. The number of imide groups is 1. The molecule has 2 rings (SSSR count). The van der Waals surface area contributed by atoms with Gasteiger partial charge in [0.25, 0.3) is 5.69 Å². The highest BCUT2D eigenvalue weighted by Crippen LogP contribution is 2.26. The van der Waals surface area contributed by atoms with E-state index in [-0.39, 0.29) is 24.0 Å². The van der Waals surface area contributed by atoms with Gasteiger partial charge in [0.05, 0.1) is 22.0 Å². The summed E-state index contributed by atoms with van der Waals surface area (Å²) in [5.41, 5.74) is 0.652. The van der Waals surface area contributed by atoms with Crippen LogP contribution in [0.4, 0.5) is 5.69 Å². The Labute approximate surface area is 129 Å². The number of nitro benzene ring substituents is 1. The molecule has 1 aliphatic heterocycles. The van der Waals surface area contributed by atoms with E-state index < -0.39 is 11.0 Å². The number of nitrogens with one attached hydrogen (secondary N) is 1. The van der Waals surface area contributed by atoms with Crippen molar-refractivity contribution in [3.05, 3.63) is 38.3 Å². The van der Waals surface area contributed by atoms with E-state index in [0.29, 0.717) is 23.0 Å². The quantitative estimate of drug-likeness (QED) is 0.503. The Balaban J connectivity index is 2.23. The van der Waals surface area contributed by atoms with Crippen LogP contribution in [0.25, 0.3) is 0 Å². The maximum atomic E-state index is 11.8. The highest BCUT2D eigenvalue weighted by molar-refractivity contribution is 9.10. The average molecular weight is 356 g/mol. The van der Waals surface area contributed by atoms with Crippen molar-refractivity contribution in [1.82, 2.24) is 10.2 Å². The highest BCUT2D eigenvalue weighted by atomic mass is 79.9. The number of rotatable bonds is 4. The number of halogens is 1. The Kier molecular flexibility index (Phi) is 4.69. The van der Waals surface area contributed by atoms with Crippen molar-refractivity contribution in [3.8, 4) is 0 Å². The second-order valence-corrected chi connectivity index (χ2v) is 5.64. The molecule has 1 heterocycles. The van der Waals surface area contributed by atoms with Gasteiger partial charge in [0.1, 0.15) is 0 Å². The molecule has 7 nitrogen and oxygen atoms in total. The molecule has 112 valence electrons. The monoisotopic (exact) mass is 355 g/mol. The number of carbonyl (C=O) groups excluding carboxylic acids is 2. The van der Waals surface area contributed by atoms with Crippen LogP contribution in [0.2, 0.25) is 0 Å². The first-order chi connectivity index (χ1) is 9.92. The Morgan fingerprint density at radius 3 is 2.81 bits per heavy atom. The third-order valence-corrected chi connectivity index (χ3v) is 4.00. The number of carbonyl (C=O) groups is 2. The number of amides is 2. The summed E-state index contributed by atoms with van der Waals surface area (Å²) in [4.78, 5) is 35.4. The van der Waals surface area contributed by atoms with E-state index in [4.69, 9.17) is 0 Å². The molecule has 8 heteroatoms. The van der Waals surface area contributed by atoms with Crippen molar-refractivity contribution >= 4 is 33.4 Å². The molecule has 1 N–H and O–H groups in total. The molecule has 1 saturated heterocycles. The molecule has 1 aliphatic rings. The van der Waals surface area contributed by atoms with Gasteiger partial charge in [-0.3, -0.25) is 29.9 Å². The Morgan fingerprint density at radius 2 is 2.19 bits per heavy atom. The van der Waals surface area contributed by atoms with Gasteiger partial charge in [0, 0.05) is 12.6 Å². The van der Waals surface area contributed by atoms with E-state index in [1.165, 1.54) is 6.07 Å². The second-order valence-electron chi connectivity index (χ2n) is 4.78. The van der Waals surface area contributed by atoms with Crippen LogP contribution in [0, 0.1) is 10.1 Å². The molecule has 21 heavy (non-hydrogen) atoms. The van der Waals surface area contributed by atoms with Gasteiger partial charge in [0.15, 0.2) is 0 Å². The van der Waals surface area contributed by atoms with Crippen molar-refractivity contribution in [2.45, 2.75) is 25.9 Å². The molecule has 0 radical (unpaired) electrons. The lowest BCUT2D eigenvalue weighted by molar-refractivity contribution is -0.385. The number of hydrogen-bond donors (Lipinski definition) is 1. The SMILES string of the molecule is CCC1C(=O)NC(=O)CN1Cc1ccc(Br)c([N+](=O)[O-])c1. The minimum atomic E-state index is -0.473. The molecule has 1 aromatic rings. The van der Waals surface area contributed by atoms with Crippen molar-refractivity contribution in [2.75, 3.05) is 6.54 Å². The van der Waals surface area contributed by atoms with E-state index in [1.54, 1.807) is 17.0 Å². The normalized spacial score (nSPS) is 19.4. The van der Waals surface area contributed by atoms with Crippen LogP contribution >= 0.6 is 15.9 Å². The Hall–Kier alpha value is -1.80. The van der Waals surface area contributed by atoms with E-state index in [9.17, 15) is 19.7 Å². The van der Waals surface area contributed by atoms with Crippen molar-refractivity contribution in [1.29, 1.82) is 0 Å². The fraction of sp³-hybridized carbons (Fsp3) is 0.385. The predicted octanol–water partition coefficient (Wildman–Crippen LogP) is 1.59. The zero-order chi connectivity index (χ0) is 15.6. The fourth-order valence-electron chi connectivity index (χ4n) is 2.36. The average Bonchev–Trinajstić information content (AvgIpc) is 2.40. The van der Waals surface area contributed by atoms with Gasteiger partial charge in [-0.1, -0.05) is 13.0 Å². The van der Waals surface area contributed by atoms with Crippen LogP contribution in [-0.4, -0.2) is 34.2 Å². The van der Waals surface area contributed by atoms with Crippen LogP contribution in [0.1, 0.15) is 18.9 Å². The number of nitro groups is 1. The molecule has 1 fully saturated rings. The topological polar surface area (TPSA) is 92.6 Å². The molecule has 0 aromatic heterocycles. The largest absolute Gasteiger partial charge is 0.294 e. The molecule has 2 amide bonds. The molecule has 1 unspecified atom stereocenters. The number of benzene rings is 1. The van der Waals surface area contributed by atoms with Crippen LogP contribution < -0.4 is 5.32 Å². The first kappa shape index (κ1) is 15.6. The molecular formula is C13H14BrN3O4. The first-order valence-electron chi connectivity index (χ1n) is 6.43. The second kappa shape index (κ2) is 6.31. The third kappa shape index (κ3) is 3.45. The zero-order valence-corrected chi connectivity index (χ0v) is 12.9. The summed E-state index contributed by atoms with van der Waals surface area (Å²) in [5, 5.41) is 13.2. The molecule has 0 saturated carbocycles. The molecule has 1 aromatic carbocycles. The van der Waals surface area contributed by atoms with E-state index in [0.717, 1.165) is 0 Å². The lowest BCUT2D eigenvalue weighted by Gasteiger charge is -2.33. The van der Waals surface area contributed by atoms with Gasteiger partial charge >= 0.3 is 0 Å². The van der Waals surface area contributed by atoms with Gasteiger partial charge in [0.2, 0.25) is 11.8 Å². The highest BCUT2D eigenvalue weighted by Gasteiger charge is 2.32. The van der Waals surface area contributed by atoms with Crippen molar-refractivity contribution in [3.63, 3.8) is 0 Å². The molecule has 1 atom stereocenters. The van der Waals surface area contributed by atoms with E-state index >= 15 is 0 Å². The minimum absolute atomic E-state index is 0.0339. The summed E-state index contributed by atoms with van der Waals surface area (Å²) in [6.45, 7) is 2.27. The van der Waals surface area contributed by atoms with Crippen LogP contribution in [-0.2, 0) is 16.1 Å². The number of nitrogens with zero attached hydrogens (tertiary/aromatic N) is 2. The summed E-state index contributed by atoms with van der Waals surface area (Å²) >= 11 is 3.13. The summed E-state index contributed by atoms with van der Waals surface area (Å²) < 4.78 is 0.399. The molecule has 0 aliphatic carbocycles. The van der Waals surface area contributed by atoms with Gasteiger partial charge in [-0.05, 0) is 34.0 Å². The summed E-state index contributed by atoms with van der Waals surface area (Å²) in [7, 11) is 0. The maximum absolute atomic E-state index is 11.8. The Morgan fingerprint density at radius 1 is 1.48 bits per heavy atom. The number of hydrogen-bond acceptors (Lipinski definition) is 5. The van der Waals surface area contributed by atoms with E-state index in [2.05, 4.69) is 21.2 Å². The smallest absolute Gasteiger partial charge is 0.283 e. The van der Waals surface area contributed by atoms with Gasteiger partial charge < -0.3 is 0 Å². The third-order valence-electron chi connectivity index (χ3n) is 3.33. The van der Waals surface area contributed by atoms with Gasteiger partial charge in [-0.25, -0.2) is 0 Å². The lowest BCUT2D eigenvalue weighted by Crippen LogP contribution is -2.57. The molecular weight excluding hydrogens is 342 g/mol. The van der Waals surface area contributed by atoms with Crippen molar-refractivity contribution < 1.29 is 14.5 Å². The maximum Gasteiger partial charge on any atom is 0.283 e. The zero-order valence-electron chi connectivity index (χ0n) is 11.3. The first-order valence-corrected chi connectivity index (χ1v) is 7.22. The lowest BCUT2D eigenvalue weighted by atomic mass is 10.1. The van der Waals surface area contributed by atoms with Gasteiger partial charge in [-0.15, -0.1) is 0 Å². The van der Waals surface area contributed by atoms with Crippen molar-refractivity contribution in [2.24, 2.45) is 0 Å². The Bertz CT molecular complexity index is 605. The summed E-state index contributed by atoms with van der Waals surface area (Å²) in [5.74, 6) is -0.670. The number of piperazine rings is 1. The standard InChI is InChI=1S/C13H14BrN3O4/c1-2-10-13(19)15-12(18)7-16(10)6-8-3-4-9(14)11(5-8)17(20)21/h3-5,10H,2,6-7H2,1H3,(H,15,18,19). The van der Waals surface area contributed by atoms with Crippen LogP contribution in [0.5, 0.6) is 0 Å². The predicted molar refractivity (Wildman–Crippen MR) is 78.4 cm³/mol. The molecule has 0 bridgehead atoms.